The molecule has 11 heteroatoms. The van der Waals surface area contributed by atoms with E-state index in [1.54, 1.807) is 26.0 Å². The Kier molecular flexibility index (Phi) is 7.88. The molecule has 11 nitrogen and oxygen atoms in total. The molecule has 2 unspecified atom stereocenters. The highest BCUT2D eigenvalue weighted by Gasteiger charge is 2.74. The molecule has 42 heavy (non-hydrogen) atoms. The molecule has 0 saturated heterocycles. The van der Waals surface area contributed by atoms with E-state index >= 15 is 0 Å². The van der Waals surface area contributed by atoms with E-state index in [0.717, 1.165) is 4.90 Å². The van der Waals surface area contributed by atoms with Gasteiger partial charge in [0.1, 0.15) is 0 Å². The van der Waals surface area contributed by atoms with Crippen molar-refractivity contribution < 1.29 is 44.0 Å². The van der Waals surface area contributed by atoms with Gasteiger partial charge >= 0.3 is 11.9 Å². The van der Waals surface area contributed by atoms with Gasteiger partial charge in [0.2, 0.25) is 17.3 Å². The smallest absolute Gasteiger partial charge is 0.348 e. The molecule has 3 aromatic rings. The molecule has 0 fully saturated rings. The number of nitrogens with zero attached hydrogens (tertiary/aromatic N) is 1. The van der Waals surface area contributed by atoms with Gasteiger partial charge < -0.3 is 25.0 Å². The van der Waals surface area contributed by atoms with Crippen molar-refractivity contribution in [2.45, 2.75) is 37.2 Å². The van der Waals surface area contributed by atoms with Gasteiger partial charge in [0.05, 0.1) is 0 Å². The van der Waals surface area contributed by atoms with Crippen LogP contribution in [-0.4, -0.2) is 74.4 Å². The van der Waals surface area contributed by atoms with Crippen molar-refractivity contribution >= 4 is 29.4 Å². The van der Waals surface area contributed by atoms with Crippen molar-refractivity contribution in [1.29, 1.82) is 0 Å². The topological polar surface area (TPSA) is 185 Å². The summed E-state index contributed by atoms with van der Waals surface area (Å²) >= 11 is 0. The zero-order valence-corrected chi connectivity index (χ0v) is 23.2. The van der Waals surface area contributed by atoms with E-state index in [0.29, 0.717) is 16.7 Å². The molecule has 3 aromatic carbocycles. The number of carboxylic acids is 2. The molecular formula is C31H30N2O9. The van der Waals surface area contributed by atoms with Gasteiger partial charge in [0.15, 0.2) is 0 Å². The lowest BCUT2D eigenvalue weighted by Crippen LogP contribution is -2.76. The third kappa shape index (κ3) is 4.67. The number of aliphatic carboxylic acids is 2. The minimum atomic E-state index is -4.11. The van der Waals surface area contributed by atoms with E-state index in [9.17, 15) is 39.3 Å². The lowest BCUT2D eigenvalue weighted by molar-refractivity contribution is -0.225. The summed E-state index contributed by atoms with van der Waals surface area (Å²) in [5, 5.41) is 33.1. The number of fused-ring (bicyclic) bond motifs is 1. The van der Waals surface area contributed by atoms with Crippen molar-refractivity contribution in [3.05, 3.63) is 106 Å². The van der Waals surface area contributed by atoms with Gasteiger partial charge in [-0.05, 0) is 25.8 Å². The molecule has 0 spiro atoms. The van der Waals surface area contributed by atoms with Gasteiger partial charge in [0.25, 0.3) is 17.1 Å². The number of aryl methyl sites for hydroxylation is 2. The van der Waals surface area contributed by atoms with Crippen LogP contribution in [0, 0.1) is 13.8 Å². The molecule has 5 N–H and O–H groups in total. The number of benzene rings is 3. The van der Waals surface area contributed by atoms with Crippen LogP contribution in [0.1, 0.15) is 43.0 Å². The lowest BCUT2D eigenvalue weighted by Gasteiger charge is -2.44. The van der Waals surface area contributed by atoms with Crippen molar-refractivity contribution in [1.82, 2.24) is 4.90 Å². The number of ether oxygens (including phenoxy) is 1. The van der Waals surface area contributed by atoms with Crippen molar-refractivity contribution in [3.8, 4) is 0 Å². The van der Waals surface area contributed by atoms with Gasteiger partial charge in [-0.25, -0.2) is 9.59 Å². The third-order valence-electron chi connectivity index (χ3n) is 7.51. The number of amides is 1. The summed E-state index contributed by atoms with van der Waals surface area (Å²) in [5.74, 6) is -9.04. The Balaban J connectivity index is 2.09. The Bertz CT molecular complexity index is 1580. The van der Waals surface area contributed by atoms with E-state index in [1.165, 1.54) is 67.7 Å². The summed E-state index contributed by atoms with van der Waals surface area (Å²) in [6, 6.07) is 16.6. The first kappa shape index (κ1) is 30.3. The van der Waals surface area contributed by atoms with E-state index in [4.69, 9.17) is 10.5 Å². The number of hydrogen-bond donors (Lipinski definition) is 4. The molecule has 0 aromatic heterocycles. The second-order valence-electron chi connectivity index (χ2n) is 10.4. The Morgan fingerprint density at radius 2 is 1.33 bits per heavy atom. The maximum atomic E-state index is 14.3. The predicted molar refractivity (Wildman–Crippen MR) is 149 cm³/mol. The maximum Gasteiger partial charge on any atom is 0.348 e. The highest BCUT2D eigenvalue weighted by molar-refractivity contribution is 6.28. The Labute approximate surface area is 241 Å². The summed E-state index contributed by atoms with van der Waals surface area (Å²) in [5.41, 5.74) is -3.41. The molecule has 218 valence electrons. The van der Waals surface area contributed by atoms with Gasteiger partial charge in [-0.2, -0.15) is 0 Å². The minimum absolute atomic E-state index is 0.0581. The summed E-state index contributed by atoms with van der Waals surface area (Å²) < 4.78 is 5.84. The summed E-state index contributed by atoms with van der Waals surface area (Å²) in [7, 11) is 1.37. The van der Waals surface area contributed by atoms with Crippen LogP contribution in [0.2, 0.25) is 0 Å². The minimum Gasteiger partial charge on any atom is -0.479 e. The first-order chi connectivity index (χ1) is 19.7. The molecular weight excluding hydrogens is 544 g/mol. The van der Waals surface area contributed by atoms with Crippen LogP contribution in [-0.2, 0) is 31.3 Å². The van der Waals surface area contributed by atoms with Crippen LogP contribution >= 0.6 is 0 Å². The van der Waals surface area contributed by atoms with E-state index < -0.39 is 57.5 Å². The Morgan fingerprint density at radius 3 is 1.83 bits per heavy atom. The fraction of sp³-hybridized carbons (Fsp3) is 0.258. The number of hydrogen-bond acceptors (Lipinski definition) is 8. The number of carbonyl (C=O) groups excluding carboxylic acids is 3. The van der Waals surface area contributed by atoms with Crippen LogP contribution in [0.4, 0.5) is 0 Å². The maximum absolute atomic E-state index is 14.3. The third-order valence-corrected chi connectivity index (χ3v) is 7.51. The van der Waals surface area contributed by atoms with E-state index in [1.807, 2.05) is 0 Å². The second-order valence-corrected chi connectivity index (χ2v) is 10.4. The molecule has 0 bridgehead atoms. The van der Waals surface area contributed by atoms with Crippen LogP contribution < -0.4 is 5.73 Å². The Morgan fingerprint density at radius 1 is 0.833 bits per heavy atom. The SMILES string of the molecule is Cc1ccc(C(=O)C(O)(C(=O)O)C(O[C@@]2(N)C(=O)N(C)CCc3ccccc32)(C(=O)O)C(=O)c2ccc(C)cc2)cc1. The average molecular weight is 575 g/mol. The predicted octanol–water partition coefficient (Wildman–Crippen LogP) is 1.85. The number of ketones is 2. The number of carbonyl (C=O) groups is 5. The van der Waals surface area contributed by atoms with Crippen LogP contribution in [0.5, 0.6) is 0 Å². The normalized spacial score (nSPS) is 19.5. The fourth-order valence-corrected chi connectivity index (χ4v) is 5.04. The fourth-order valence-electron chi connectivity index (χ4n) is 5.04. The van der Waals surface area contributed by atoms with Crippen LogP contribution in [0.25, 0.3) is 0 Å². The van der Waals surface area contributed by atoms with Gasteiger partial charge in [-0.1, -0.05) is 83.9 Å². The number of likely N-dealkylation sites (N-methyl/N-ethyl adjacent to an activating group) is 1. The molecule has 0 radical (unpaired) electrons. The summed E-state index contributed by atoms with van der Waals surface area (Å²) in [6.07, 6.45) is 0.262. The molecule has 1 heterocycles. The number of aliphatic hydroxyl groups is 1. The van der Waals surface area contributed by atoms with Gasteiger partial charge in [0, 0.05) is 30.3 Å². The molecule has 0 aliphatic carbocycles. The van der Waals surface area contributed by atoms with Crippen LogP contribution in [0.3, 0.4) is 0 Å². The quantitative estimate of drug-likeness (QED) is 0.167. The zero-order valence-electron chi connectivity index (χ0n) is 23.2. The molecule has 1 amide bonds. The largest absolute Gasteiger partial charge is 0.479 e. The standard InChI is InChI=1S/C31H30N2O9/c1-18-8-12-21(13-9-18)24(34)29(41,27(37)38)30(28(39)40,25(35)22-14-10-19(2)11-15-22)42-31(32)23-7-5-4-6-20(23)16-17-33(3)26(31)36/h4-15,41H,16-17,32H2,1-3H3,(H,37,38)(H,39,40)/t29?,30?,31-/m1/s1. The average Bonchev–Trinajstić information content (AvgIpc) is 3.06. The zero-order chi connectivity index (χ0) is 31.0. The number of carboxylic acid groups (broad SMARTS) is 2. The van der Waals surface area contributed by atoms with Crippen molar-refractivity contribution in [2.75, 3.05) is 13.6 Å². The van der Waals surface area contributed by atoms with Crippen molar-refractivity contribution in [3.63, 3.8) is 0 Å². The van der Waals surface area contributed by atoms with Crippen LogP contribution in [0.15, 0.2) is 72.8 Å². The van der Waals surface area contributed by atoms with Gasteiger partial charge in [-0.3, -0.25) is 20.1 Å². The van der Waals surface area contributed by atoms with E-state index in [-0.39, 0.29) is 18.5 Å². The van der Waals surface area contributed by atoms with Crippen molar-refractivity contribution in [2.24, 2.45) is 5.73 Å². The van der Waals surface area contributed by atoms with Gasteiger partial charge in [-0.15, -0.1) is 0 Å². The molecule has 1 aliphatic rings. The highest BCUT2D eigenvalue weighted by atomic mass is 16.6. The summed E-state index contributed by atoms with van der Waals surface area (Å²) in [4.78, 5) is 69.4. The molecule has 3 atom stereocenters. The summed E-state index contributed by atoms with van der Waals surface area (Å²) in [6.45, 7) is 3.50. The lowest BCUT2D eigenvalue weighted by atomic mass is 9.72. The van der Waals surface area contributed by atoms with E-state index in [2.05, 4.69) is 0 Å². The molecule has 4 rings (SSSR count). The molecule has 0 saturated carbocycles. The number of Topliss-reactive ketones (excluding diaryl/α,β-unsaturated/α-hetero) is 2. The second kappa shape index (κ2) is 10.9. The number of nitrogens with two attached hydrogens (primary N) is 1. The highest BCUT2D eigenvalue weighted by Crippen LogP contribution is 2.42. The monoisotopic (exact) mass is 574 g/mol. The first-order valence-corrected chi connectivity index (χ1v) is 12.9. The number of rotatable bonds is 9. The Hall–Kier alpha value is -4.71. The first-order valence-electron chi connectivity index (χ1n) is 12.9. The molecule has 1 aliphatic heterocycles.